The summed E-state index contributed by atoms with van der Waals surface area (Å²) in [5.41, 5.74) is 3.10. The Morgan fingerprint density at radius 2 is 1.97 bits per heavy atom. The van der Waals surface area contributed by atoms with Crippen molar-refractivity contribution in [3.05, 3.63) is 45.9 Å². The number of imide groups is 1. The number of likely N-dealkylation sites (tertiary alicyclic amines) is 2. The van der Waals surface area contributed by atoms with Crippen LogP contribution >= 0.6 is 22.9 Å². The van der Waals surface area contributed by atoms with E-state index in [1.165, 1.54) is 16.2 Å². The van der Waals surface area contributed by atoms with E-state index in [0.29, 0.717) is 23.9 Å². The first kappa shape index (κ1) is 24.1. The van der Waals surface area contributed by atoms with Crippen molar-refractivity contribution in [2.45, 2.75) is 38.6 Å². The van der Waals surface area contributed by atoms with Gasteiger partial charge in [-0.3, -0.25) is 24.4 Å². The maximum atomic E-state index is 14.8. The molecule has 0 unspecified atom stereocenters. The zero-order valence-corrected chi connectivity index (χ0v) is 20.7. The van der Waals surface area contributed by atoms with Gasteiger partial charge >= 0.3 is 0 Å². The summed E-state index contributed by atoms with van der Waals surface area (Å²) < 4.78 is 21.9. The van der Waals surface area contributed by atoms with E-state index in [1.807, 2.05) is 24.0 Å². The zero-order chi connectivity index (χ0) is 24.7. The number of aliphatic hydroxyl groups excluding tert-OH is 1. The van der Waals surface area contributed by atoms with E-state index in [0.717, 1.165) is 31.8 Å². The van der Waals surface area contributed by atoms with Crippen LogP contribution in [0.25, 0.3) is 21.3 Å². The second-order valence-corrected chi connectivity index (χ2v) is 10.5. The maximum Gasteiger partial charge on any atom is 0.230 e. The molecule has 0 spiro atoms. The van der Waals surface area contributed by atoms with Gasteiger partial charge < -0.3 is 9.84 Å². The van der Waals surface area contributed by atoms with Crippen molar-refractivity contribution in [3.63, 3.8) is 0 Å². The molecule has 3 aromatic rings. The normalized spacial score (nSPS) is 21.0. The topological polar surface area (TPSA) is 83.0 Å². The van der Waals surface area contributed by atoms with Crippen LogP contribution in [0, 0.1) is 6.92 Å². The second-order valence-electron chi connectivity index (χ2n) is 8.91. The lowest BCUT2D eigenvalue weighted by atomic mass is 10.0. The lowest BCUT2D eigenvalue weighted by Gasteiger charge is -2.21. The van der Waals surface area contributed by atoms with Gasteiger partial charge in [-0.25, -0.2) is 4.39 Å². The van der Waals surface area contributed by atoms with Gasteiger partial charge in [0.15, 0.2) is 6.17 Å². The summed E-state index contributed by atoms with van der Waals surface area (Å²) in [5.74, 6) is 0.240. The number of hydrogen-bond donors (Lipinski definition) is 1. The molecule has 2 saturated heterocycles. The molecule has 5 rings (SSSR count). The Morgan fingerprint density at radius 1 is 1.20 bits per heavy atom. The van der Waals surface area contributed by atoms with Crippen LogP contribution in [0.5, 0.6) is 5.75 Å². The minimum absolute atomic E-state index is 0.0327. The van der Waals surface area contributed by atoms with Gasteiger partial charge in [0.25, 0.3) is 0 Å². The summed E-state index contributed by atoms with van der Waals surface area (Å²) in [6.45, 7) is 3.07. The molecule has 2 aliphatic rings. The summed E-state index contributed by atoms with van der Waals surface area (Å²) >= 11 is 7.89. The van der Waals surface area contributed by atoms with Crippen molar-refractivity contribution in [2.75, 3.05) is 26.2 Å². The molecule has 0 radical (unpaired) electrons. The van der Waals surface area contributed by atoms with Gasteiger partial charge in [0.2, 0.25) is 11.8 Å². The molecule has 0 saturated carbocycles. The number of amides is 2. The smallest absolute Gasteiger partial charge is 0.230 e. The van der Waals surface area contributed by atoms with Crippen molar-refractivity contribution in [1.29, 1.82) is 0 Å². The van der Waals surface area contributed by atoms with Gasteiger partial charge in [-0.05, 0) is 36.8 Å². The molecule has 0 bridgehead atoms. The number of benzene rings is 1. The van der Waals surface area contributed by atoms with E-state index >= 15 is 0 Å². The number of alkyl halides is 1. The Hall–Kier alpha value is -2.59. The molecule has 1 N–H and O–H groups in total. The zero-order valence-electron chi connectivity index (χ0n) is 19.2. The van der Waals surface area contributed by atoms with E-state index in [4.69, 9.17) is 16.3 Å². The van der Waals surface area contributed by atoms with Crippen molar-refractivity contribution < 1.29 is 23.8 Å². The largest absolute Gasteiger partial charge is 0.485 e. The fraction of sp³-hybridized carbons (Fsp3) is 0.400. The molecule has 2 aliphatic heterocycles. The van der Waals surface area contributed by atoms with Crippen LogP contribution in [-0.2, 0) is 16.1 Å². The van der Waals surface area contributed by atoms with Crippen molar-refractivity contribution in [2.24, 2.45) is 0 Å². The van der Waals surface area contributed by atoms with Gasteiger partial charge in [-0.15, -0.1) is 11.3 Å². The third kappa shape index (κ3) is 4.78. The molecule has 35 heavy (non-hydrogen) atoms. The monoisotopic (exact) mass is 517 g/mol. The highest BCUT2D eigenvalue weighted by atomic mass is 35.5. The van der Waals surface area contributed by atoms with E-state index in [9.17, 15) is 19.1 Å². The minimum Gasteiger partial charge on any atom is -0.485 e. The summed E-state index contributed by atoms with van der Waals surface area (Å²) in [7, 11) is 0. The number of aryl methyl sites for hydroxylation is 1. The SMILES string of the molecule is Cc1cc(Cl)cc(-c2ccnc3cc(CN4C(=O)CCC4=O)sc23)c1O[C@@H]1CN(CCO)C[C@@H]1F. The number of thiophene rings is 1. The minimum atomic E-state index is -1.18. The van der Waals surface area contributed by atoms with Crippen LogP contribution in [-0.4, -0.2) is 70.2 Å². The number of nitrogens with zero attached hydrogens (tertiary/aromatic N) is 3. The molecule has 1 aromatic carbocycles. The predicted molar refractivity (Wildman–Crippen MR) is 132 cm³/mol. The standard InChI is InChI=1S/C25H25ClFN3O4S/c1-14-8-15(26)9-18(24(14)34-21-13-29(6-7-31)12-19(21)27)17-4-5-28-20-10-16(35-25(17)20)11-30-22(32)2-3-23(30)33/h4-5,8-10,19,21,31H,2-3,6-7,11-13H2,1H3/t19-,21+/m0/s1. The summed E-state index contributed by atoms with van der Waals surface area (Å²) in [6, 6.07) is 7.35. The van der Waals surface area contributed by atoms with Gasteiger partial charge in [-0.2, -0.15) is 0 Å². The van der Waals surface area contributed by atoms with Gasteiger partial charge in [-0.1, -0.05) is 11.6 Å². The molecule has 10 heteroatoms. The van der Waals surface area contributed by atoms with Crippen LogP contribution in [0.1, 0.15) is 23.3 Å². The molecular formula is C25H25ClFN3O4S. The lowest BCUT2D eigenvalue weighted by molar-refractivity contribution is -0.138. The number of carbonyl (C=O) groups excluding carboxylic acids is 2. The van der Waals surface area contributed by atoms with Crippen LogP contribution in [0.4, 0.5) is 4.39 Å². The quantitative estimate of drug-likeness (QED) is 0.478. The Bertz CT molecular complexity index is 1280. The first-order valence-electron chi connectivity index (χ1n) is 11.5. The van der Waals surface area contributed by atoms with Crippen LogP contribution < -0.4 is 4.74 Å². The Morgan fingerprint density at radius 3 is 2.71 bits per heavy atom. The summed E-state index contributed by atoms with van der Waals surface area (Å²) in [6.07, 6.45) is 0.357. The van der Waals surface area contributed by atoms with Gasteiger partial charge in [0.05, 0.1) is 23.4 Å². The Balaban J connectivity index is 1.51. The van der Waals surface area contributed by atoms with E-state index in [-0.39, 0.29) is 44.4 Å². The first-order valence-corrected chi connectivity index (χ1v) is 12.7. The third-order valence-electron chi connectivity index (χ3n) is 6.42. The maximum absolute atomic E-state index is 14.8. The van der Waals surface area contributed by atoms with Crippen LogP contribution in [0.2, 0.25) is 5.02 Å². The summed E-state index contributed by atoms with van der Waals surface area (Å²) in [5, 5.41) is 9.75. The fourth-order valence-electron chi connectivity index (χ4n) is 4.71. The third-order valence-corrected chi connectivity index (χ3v) is 7.78. The van der Waals surface area contributed by atoms with Gasteiger partial charge in [0.1, 0.15) is 11.9 Å². The summed E-state index contributed by atoms with van der Waals surface area (Å²) in [4.78, 5) is 32.6. The van der Waals surface area contributed by atoms with E-state index < -0.39 is 12.3 Å². The molecule has 0 aliphatic carbocycles. The molecule has 2 aromatic heterocycles. The number of carbonyl (C=O) groups is 2. The number of halogens is 2. The molecule has 2 fully saturated rings. The number of aromatic nitrogens is 1. The number of ether oxygens (including phenoxy) is 1. The molecule has 7 nitrogen and oxygen atoms in total. The Labute approximate surface area is 211 Å². The molecule has 184 valence electrons. The highest BCUT2D eigenvalue weighted by Crippen LogP contribution is 2.42. The Kier molecular flexibility index (Phi) is 6.76. The number of hydrogen-bond acceptors (Lipinski definition) is 7. The number of pyridine rings is 1. The van der Waals surface area contributed by atoms with Crippen molar-refractivity contribution in [3.8, 4) is 16.9 Å². The number of aliphatic hydroxyl groups is 1. The van der Waals surface area contributed by atoms with Crippen LogP contribution in [0.3, 0.4) is 0 Å². The number of β-amino-alcohol motifs (C(OH)–C–C–N with tert-alkyl or cyclic N) is 1. The molecular weight excluding hydrogens is 493 g/mol. The van der Waals surface area contributed by atoms with Crippen molar-refractivity contribution in [1.82, 2.24) is 14.8 Å². The van der Waals surface area contributed by atoms with Crippen LogP contribution in [0.15, 0.2) is 30.5 Å². The lowest BCUT2D eigenvalue weighted by Crippen LogP contribution is -2.29. The first-order chi connectivity index (χ1) is 16.8. The molecule has 2 amide bonds. The number of fused-ring (bicyclic) bond motifs is 1. The highest BCUT2D eigenvalue weighted by Gasteiger charge is 2.35. The average Bonchev–Trinajstić information content (AvgIpc) is 3.48. The van der Waals surface area contributed by atoms with Gasteiger partial charge in [0, 0.05) is 59.7 Å². The number of rotatable bonds is 7. The predicted octanol–water partition coefficient (Wildman–Crippen LogP) is 3.97. The second kappa shape index (κ2) is 9.81. The molecule has 2 atom stereocenters. The van der Waals surface area contributed by atoms with Crippen molar-refractivity contribution >= 4 is 45.0 Å². The average molecular weight is 518 g/mol. The highest BCUT2D eigenvalue weighted by molar-refractivity contribution is 7.19. The fourth-order valence-corrected chi connectivity index (χ4v) is 6.12. The van der Waals surface area contributed by atoms with E-state index in [2.05, 4.69) is 4.98 Å². The molecule has 4 heterocycles. The van der Waals surface area contributed by atoms with E-state index in [1.54, 1.807) is 18.3 Å².